The van der Waals surface area contributed by atoms with E-state index in [9.17, 15) is 4.39 Å². The van der Waals surface area contributed by atoms with Crippen molar-refractivity contribution in [2.75, 3.05) is 5.73 Å². The lowest BCUT2D eigenvalue weighted by molar-refractivity contribution is 0.447. The Hall–Kier alpha value is -1.85. The van der Waals surface area contributed by atoms with Gasteiger partial charge >= 0.3 is 0 Å². The van der Waals surface area contributed by atoms with E-state index >= 15 is 0 Å². The van der Waals surface area contributed by atoms with E-state index in [1.54, 1.807) is 36.5 Å². The van der Waals surface area contributed by atoms with Gasteiger partial charge in [0.25, 0.3) is 0 Å². The van der Waals surface area contributed by atoms with Gasteiger partial charge in [-0.1, -0.05) is 27.5 Å². The molecule has 0 fully saturated rings. The van der Waals surface area contributed by atoms with Crippen molar-refractivity contribution in [2.45, 2.75) is 0 Å². The summed E-state index contributed by atoms with van der Waals surface area (Å²) in [7, 11) is 0. The zero-order valence-corrected chi connectivity index (χ0v) is 13.0. The highest BCUT2D eigenvalue weighted by atomic mass is 79.9. The van der Waals surface area contributed by atoms with E-state index in [-0.39, 0.29) is 5.75 Å². The van der Waals surface area contributed by atoms with Gasteiger partial charge in [0.1, 0.15) is 11.3 Å². The average Bonchev–Trinajstić information content (AvgIpc) is 2.45. The van der Waals surface area contributed by atoms with Crippen LogP contribution < -0.4 is 10.5 Å². The van der Waals surface area contributed by atoms with Gasteiger partial charge < -0.3 is 10.5 Å². The van der Waals surface area contributed by atoms with Crippen molar-refractivity contribution in [1.29, 1.82) is 0 Å². The molecule has 1 aromatic heterocycles. The molecule has 0 saturated heterocycles. The quantitative estimate of drug-likeness (QED) is 0.636. The van der Waals surface area contributed by atoms with Crippen LogP contribution in [0.15, 0.2) is 47.1 Å². The molecule has 0 radical (unpaired) electrons. The van der Waals surface area contributed by atoms with Crippen LogP contribution >= 0.6 is 27.5 Å². The van der Waals surface area contributed by atoms with E-state index in [1.807, 2.05) is 0 Å². The molecule has 21 heavy (non-hydrogen) atoms. The molecule has 3 rings (SSSR count). The molecule has 3 nitrogen and oxygen atoms in total. The number of ether oxygens (including phenoxy) is 1. The van der Waals surface area contributed by atoms with Crippen LogP contribution in [0.2, 0.25) is 5.02 Å². The van der Waals surface area contributed by atoms with Gasteiger partial charge in [-0.15, -0.1) is 0 Å². The SMILES string of the molecule is Nc1cc(F)c(Oc2ccc(Br)cc2Cl)c2ncccc12. The number of halogens is 3. The Morgan fingerprint density at radius 1 is 1.24 bits per heavy atom. The molecule has 0 bridgehead atoms. The van der Waals surface area contributed by atoms with Crippen LogP contribution in [-0.4, -0.2) is 4.98 Å². The monoisotopic (exact) mass is 366 g/mol. The van der Waals surface area contributed by atoms with Crippen LogP contribution in [0.25, 0.3) is 10.9 Å². The van der Waals surface area contributed by atoms with Gasteiger partial charge in [-0.05, 0) is 30.3 Å². The Labute approximate surface area is 133 Å². The predicted octanol–water partition coefficient (Wildman–Crippen LogP) is 5.16. The highest BCUT2D eigenvalue weighted by Gasteiger charge is 2.15. The highest BCUT2D eigenvalue weighted by Crippen LogP contribution is 2.37. The highest BCUT2D eigenvalue weighted by molar-refractivity contribution is 9.10. The summed E-state index contributed by atoms with van der Waals surface area (Å²) in [5.41, 5.74) is 6.47. The standard InChI is InChI=1S/C15H9BrClFN2O/c16-8-3-4-13(10(17)6-8)21-15-11(18)7-12(19)9-2-1-5-20-14(9)15/h1-7H,19H2. The molecule has 0 spiro atoms. The molecule has 1 heterocycles. The molecule has 2 aromatic carbocycles. The lowest BCUT2D eigenvalue weighted by Gasteiger charge is -2.12. The molecule has 0 unspecified atom stereocenters. The molecule has 106 valence electrons. The summed E-state index contributed by atoms with van der Waals surface area (Å²) in [4.78, 5) is 4.15. The van der Waals surface area contributed by atoms with Crippen LogP contribution in [-0.2, 0) is 0 Å². The van der Waals surface area contributed by atoms with Crippen molar-refractivity contribution in [1.82, 2.24) is 4.98 Å². The van der Waals surface area contributed by atoms with Gasteiger partial charge in [0.05, 0.1) is 5.02 Å². The van der Waals surface area contributed by atoms with E-state index in [1.165, 1.54) is 6.07 Å². The van der Waals surface area contributed by atoms with E-state index < -0.39 is 5.82 Å². The summed E-state index contributed by atoms with van der Waals surface area (Å²) in [6.07, 6.45) is 1.55. The third-order valence-corrected chi connectivity index (χ3v) is 3.73. The molecule has 0 aliphatic heterocycles. The lowest BCUT2D eigenvalue weighted by atomic mass is 10.1. The van der Waals surface area contributed by atoms with Gasteiger partial charge in [0.15, 0.2) is 11.6 Å². The summed E-state index contributed by atoms with van der Waals surface area (Å²) >= 11 is 9.39. The Balaban J connectivity index is 2.16. The van der Waals surface area contributed by atoms with Gasteiger partial charge in [0.2, 0.25) is 0 Å². The van der Waals surface area contributed by atoms with Crippen LogP contribution in [0.1, 0.15) is 0 Å². The topological polar surface area (TPSA) is 48.1 Å². The smallest absolute Gasteiger partial charge is 0.189 e. The number of hydrogen-bond donors (Lipinski definition) is 1. The predicted molar refractivity (Wildman–Crippen MR) is 85.3 cm³/mol. The molecular weight excluding hydrogens is 359 g/mol. The van der Waals surface area contributed by atoms with Crippen LogP contribution in [0.5, 0.6) is 11.5 Å². The maximum absolute atomic E-state index is 14.2. The second-order valence-electron chi connectivity index (χ2n) is 4.35. The molecular formula is C15H9BrClFN2O. The minimum Gasteiger partial charge on any atom is -0.450 e. The lowest BCUT2D eigenvalue weighted by Crippen LogP contribution is -1.96. The van der Waals surface area contributed by atoms with E-state index in [4.69, 9.17) is 22.1 Å². The van der Waals surface area contributed by atoms with Gasteiger partial charge in [-0.25, -0.2) is 4.39 Å². The van der Waals surface area contributed by atoms with Crippen LogP contribution in [0.4, 0.5) is 10.1 Å². The first-order valence-corrected chi connectivity index (χ1v) is 7.19. The van der Waals surface area contributed by atoms with Crippen LogP contribution in [0.3, 0.4) is 0 Å². The van der Waals surface area contributed by atoms with Crippen molar-refractivity contribution < 1.29 is 9.13 Å². The molecule has 0 aliphatic carbocycles. The second-order valence-corrected chi connectivity index (χ2v) is 5.68. The number of hydrogen-bond acceptors (Lipinski definition) is 3. The molecule has 3 aromatic rings. The molecule has 2 N–H and O–H groups in total. The molecule has 0 aliphatic rings. The van der Waals surface area contributed by atoms with Crippen molar-refractivity contribution in [3.05, 3.63) is 57.9 Å². The van der Waals surface area contributed by atoms with Gasteiger partial charge in [-0.2, -0.15) is 0 Å². The molecule has 0 amide bonds. The number of benzene rings is 2. The van der Waals surface area contributed by atoms with Crippen molar-refractivity contribution in [2.24, 2.45) is 0 Å². The van der Waals surface area contributed by atoms with Crippen molar-refractivity contribution in [3.8, 4) is 11.5 Å². The zero-order valence-electron chi connectivity index (χ0n) is 10.6. The first-order valence-electron chi connectivity index (χ1n) is 6.02. The number of nitrogens with two attached hydrogens (primary N) is 1. The number of pyridine rings is 1. The molecule has 6 heteroatoms. The summed E-state index contributed by atoms with van der Waals surface area (Å²) in [6.45, 7) is 0. The fourth-order valence-corrected chi connectivity index (χ4v) is 2.69. The summed E-state index contributed by atoms with van der Waals surface area (Å²) in [5.74, 6) is -0.239. The first kappa shape index (κ1) is 14.1. The van der Waals surface area contributed by atoms with Gasteiger partial charge in [-0.3, -0.25) is 4.98 Å². The molecule has 0 saturated carbocycles. The molecule has 0 atom stereocenters. The van der Waals surface area contributed by atoms with E-state index in [2.05, 4.69) is 20.9 Å². The van der Waals surface area contributed by atoms with Crippen molar-refractivity contribution in [3.63, 3.8) is 0 Å². The maximum Gasteiger partial charge on any atom is 0.189 e. The number of fused-ring (bicyclic) bond motifs is 1. The number of nitrogen functional groups attached to an aromatic ring is 1. The number of rotatable bonds is 2. The largest absolute Gasteiger partial charge is 0.450 e. The number of aromatic nitrogens is 1. The second kappa shape index (κ2) is 5.50. The average molecular weight is 368 g/mol. The number of anilines is 1. The fourth-order valence-electron chi connectivity index (χ4n) is 1.98. The third kappa shape index (κ3) is 2.66. The number of nitrogens with zero attached hydrogens (tertiary/aromatic N) is 1. The minimum absolute atomic E-state index is 0.00372. The Morgan fingerprint density at radius 3 is 2.81 bits per heavy atom. The Kier molecular flexibility index (Phi) is 3.69. The van der Waals surface area contributed by atoms with Crippen molar-refractivity contribution >= 4 is 44.1 Å². The Morgan fingerprint density at radius 2 is 2.05 bits per heavy atom. The van der Waals surface area contributed by atoms with E-state index in [0.717, 1.165) is 4.47 Å². The van der Waals surface area contributed by atoms with Gasteiger partial charge in [0, 0.05) is 27.8 Å². The summed E-state index contributed by atoms with van der Waals surface area (Å²) in [5, 5.41) is 0.992. The Bertz CT molecular complexity index is 841. The summed E-state index contributed by atoms with van der Waals surface area (Å²) in [6, 6.07) is 9.77. The fraction of sp³-hybridized carbons (Fsp3) is 0. The summed E-state index contributed by atoms with van der Waals surface area (Å²) < 4.78 is 20.6. The maximum atomic E-state index is 14.2. The first-order chi connectivity index (χ1) is 10.1. The van der Waals surface area contributed by atoms with Crippen LogP contribution in [0, 0.1) is 5.82 Å². The normalized spacial score (nSPS) is 10.8. The third-order valence-electron chi connectivity index (χ3n) is 2.94. The zero-order chi connectivity index (χ0) is 15.0. The minimum atomic E-state index is -0.585. The van der Waals surface area contributed by atoms with E-state index in [0.29, 0.717) is 27.4 Å².